The molecule has 0 aromatic heterocycles. The van der Waals surface area contributed by atoms with Gasteiger partial charge in [0.1, 0.15) is 5.75 Å². The number of carbonyl (C=O) groups is 1. The van der Waals surface area contributed by atoms with Gasteiger partial charge in [-0.2, -0.15) is 0 Å². The molecule has 0 saturated heterocycles. The van der Waals surface area contributed by atoms with E-state index in [2.05, 4.69) is 21.2 Å². The van der Waals surface area contributed by atoms with Crippen molar-refractivity contribution in [3.05, 3.63) is 57.0 Å². The lowest BCUT2D eigenvalue weighted by molar-refractivity contribution is -0.129. The van der Waals surface area contributed by atoms with Crippen molar-refractivity contribution in [3.8, 4) is 5.75 Å². The van der Waals surface area contributed by atoms with Gasteiger partial charge in [0.2, 0.25) is 0 Å². The van der Waals surface area contributed by atoms with Crippen LogP contribution in [-0.2, 0) is 10.4 Å². The van der Waals surface area contributed by atoms with Crippen LogP contribution in [0.25, 0.3) is 0 Å². The van der Waals surface area contributed by atoms with Gasteiger partial charge >= 0.3 is 0 Å². The molecule has 0 radical (unpaired) electrons. The van der Waals surface area contributed by atoms with Crippen LogP contribution in [0.4, 0.5) is 5.69 Å². The van der Waals surface area contributed by atoms with Crippen LogP contribution in [0.3, 0.4) is 0 Å². The van der Waals surface area contributed by atoms with E-state index in [0.29, 0.717) is 27.6 Å². The van der Waals surface area contributed by atoms with Crippen LogP contribution in [0.1, 0.15) is 11.1 Å². The fourth-order valence-electron chi connectivity index (χ4n) is 2.43. The van der Waals surface area contributed by atoms with Crippen molar-refractivity contribution in [3.63, 3.8) is 0 Å². The third-order valence-electron chi connectivity index (χ3n) is 3.52. The van der Waals surface area contributed by atoms with Crippen LogP contribution in [0, 0.1) is 0 Å². The highest BCUT2D eigenvalue weighted by Gasteiger charge is 2.47. The van der Waals surface area contributed by atoms with E-state index in [1.165, 1.54) is 7.11 Å². The van der Waals surface area contributed by atoms with Crippen LogP contribution in [0.2, 0.25) is 5.02 Å². The lowest BCUT2D eigenvalue weighted by Crippen LogP contribution is -2.35. The average molecular weight is 369 g/mol. The maximum atomic E-state index is 12.3. The van der Waals surface area contributed by atoms with E-state index in [4.69, 9.17) is 16.3 Å². The number of nitrogens with one attached hydrogen (secondary N) is 1. The van der Waals surface area contributed by atoms with Gasteiger partial charge in [0, 0.05) is 21.3 Å². The van der Waals surface area contributed by atoms with Gasteiger partial charge in [-0.1, -0.05) is 33.6 Å². The number of hydrogen-bond donors (Lipinski definition) is 2. The zero-order valence-electron chi connectivity index (χ0n) is 11.0. The van der Waals surface area contributed by atoms with Gasteiger partial charge in [-0.3, -0.25) is 4.79 Å². The van der Waals surface area contributed by atoms with Crippen LogP contribution in [0.5, 0.6) is 5.75 Å². The Kier molecular flexibility index (Phi) is 3.43. The van der Waals surface area contributed by atoms with Gasteiger partial charge in [0.05, 0.1) is 12.1 Å². The minimum atomic E-state index is -1.77. The van der Waals surface area contributed by atoms with Gasteiger partial charge < -0.3 is 15.2 Å². The highest BCUT2D eigenvalue weighted by molar-refractivity contribution is 9.10. The largest absolute Gasteiger partial charge is 0.495 e. The Labute approximate surface area is 134 Å². The molecule has 0 spiro atoms. The maximum absolute atomic E-state index is 12.3. The molecule has 6 heteroatoms. The third-order valence-corrected chi connectivity index (χ3v) is 4.32. The number of fused-ring (bicyclic) bond motifs is 1. The molecule has 2 N–H and O–H groups in total. The number of halogens is 2. The zero-order chi connectivity index (χ0) is 15.2. The monoisotopic (exact) mass is 367 g/mol. The molecule has 1 heterocycles. The minimum absolute atomic E-state index is 0.401. The van der Waals surface area contributed by atoms with Crippen molar-refractivity contribution in [2.24, 2.45) is 0 Å². The van der Waals surface area contributed by atoms with Crippen molar-refractivity contribution >= 4 is 39.1 Å². The number of methoxy groups -OCH3 is 1. The molecule has 1 aliphatic heterocycles. The van der Waals surface area contributed by atoms with Crippen molar-refractivity contribution < 1.29 is 14.6 Å². The van der Waals surface area contributed by atoms with Crippen LogP contribution in [0.15, 0.2) is 40.9 Å². The summed E-state index contributed by atoms with van der Waals surface area (Å²) in [5.41, 5.74) is -0.291. The number of benzene rings is 2. The molecule has 1 unspecified atom stereocenters. The molecular weight excluding hydrogens is 358 g/mol. The number of aliphatic hydroxyl groups is 1. The second-order valence-electron chi connectivity index (χ2n) is 4.70. The first-order valence-electron chi connectivity index (χ1n) is 6.14. The van der Waals surface area contributed by atoms with E-state index < -0.39 is 11.5 Å². The fraction of sp³-hybridized carbons (Fsp3) is 0.133. The number of anilines is 1. The summed E-state index contributed by atoms with van der Waals surface area (Å²) in [5, 5.41) is 14.1. The topological polar surface area (TPSA) is 58.6 Å². The number of ether oxygens (including phenoxy) is 1. The molecule has 108 valence electrons. The first-order valence-corrected chi connectivity index (χ1v) is 7.32. The molecule has 0 fully saturated rings. The highest BCUT2D eigenvalue weighted by atomic mass is 79.9. The summed E-state index contributed by atoms with van der Waals surface area (Å²) in [6.45, 7) is 0. The zero-order valence-corrected chi connectivity index (χ0v) is 13.3. The van der Waals surface area contributed by atoms with Crippen LogP contribution >= 0.6 is 27.5 Å². The third kappa shape index (κ3) is 2.12. The molecule has 0 aliphatic carbocycles. The van der Waals surface area contributed by atoms with Crippen molar-refractivity contribution in [1.82, 2.24) is 0 Å². The van der Waals surface area contributed by atoms with Crippen LogP contribution < -0.4 is 10.1 Å². The van der Waals surface area contributed by atoms with E-state index in [-0.39, 0.29) is 0 Å². The second kappa shape index (κ2) is 5.02. The molecule has 2 aromatic rings. The molecule has 1 amide bonds. The number of rotatable bonds is 2. The maximum Gasteiger partial charge on any atom is 0.265 e. The highest BCUT2D eigenvalue weighted by Crippen LogP contribution is 2.43. The normalized spacial score (nSPS) is 20.1. The average Bonchev–Trinajstić information content (AvgIpc) is 2.72. The number of amides is 1. The lowest BCUT2D eigenvalue weighted by atomic mass is 9.87. The standard InChI is InChI=1S/C15H11BrClNO3/c1-21-13-6-8(2-4-11(13)17)15(20)10-7-9(16)3-5-12(10)18-14(15)19/h2-7,20H,1H3,(H,18,19). The molecule has 1 aliphatic rings. The summed E-state index contributed by atoms with van der Waals surface area (Å²) in [6.07, 6.45) is 0. The Hall–Kier alpha value is -1.56. The molecule has 21 heavy (non-hydrogen) atoms. The quantitative estimate of drug-likeness (QED) is 0.855. The van der Waals surface area contributed by atoms with Gasteiger partial charge in [-0.25, -0.2) is 0 Å². The van der Waals surface area contributed by atoms with Crippen molar-refractivity contribution in [2.75, 3.05) is 12.4 Å². The van der Waals surface area contributed by atoms with E-state index in [0.717, 1.165) is 4.47 Å². The first-order chi connectivity index (χ1) is 9.96. The van der Waals surface area contributed by atoms with Gasteiger partial charge in [0.15, 0.2) is 5.60 Å². The summed E-state index contributed by atoms with van der Waals surface area (Å²) in [5.74, 6) is -0.0983. The molecule has 0 saturated carbocycles. The summed E-state index contributed by atoms with van der Waals surface area (Å²) in [4.78, 5) is 12.3. The number of hydrogen-bond acceptors (Lipinski definition) is 3. The van der Waals surface area contributed by atoms with E-state index in [9.17, 15) is 9.90 Å². The Bertz CT molecular complexity index is 750. The van der Waals surface area contributed by atoms with Gasteiger partial charge in [-0.15, -0.1) is 0 Å². The second-order valence-corrected chi connectivity index (χ2v) is 6.03. The predicted octanol–water partition coefficient (Wildman–Crippen LogP) is 3.30. The lowest BCUT2D eigenvalue weighted by Gasteiger charge is -2.22. The fourth-order valence-corrected chi connectivity index (χ4v) is 2.99. The molecule has 0 bridgehead atoms. The SMILES string of the molecule is COc1cc(C2(O)C(=O)Nc3ccc(Br)cc32)ccc1Cl. The summed E-state index contributed by atoms with van der Waals surface area (Å²) >= 11 is 9.35. The summed E-state index contributed by atoms with van der Waals surface area (Å²) in [7, 11) is 1.48. The van der Waals surface area contributed by atoms with Gasteiger partial charge in [-0.05, 0) is 30.3 Å². The summed E-state index contributed by atoms with van der Waals surface area (Å²) in [6, 6.07) is 10.0. The molecule has 4 nitrogen and oxygen atoms in total. The van der Waals surface area contributed by atoms with Crippen molar-refractivity contribution in [1.29, 1.82) is 0 Å². The first kappa shape index (κ1) is 14.4. The molecule has 3 rings (SSSR count). The molecular formula is C15H11BrClNO3. The Morgan fingerprint density at radius 1 is 1.29 bits per heavy atom. The predicted molar refractivity (Wildman–Crippen MR) is 83.8 cm³/mol. The number of carbonyl (C=O) groups excluding carboxylic acids is 1. The molecule has 1 atom stereocenters. The van der Waals surface area contributed by atoms with E-state index >= 15 is 0 Å². The Morgan fingerprint density at radius 2 is 2.05 bits per heavy atom. The van der Waals surface area contributed by atoms with E-state index in [1.807, 2.05) is 0 Å². The Balaban J connectivity index is 2.21. The van der Waals surface area contributed by atoms with Gasteiger partial charge in [0.25, 0.3) is 5.91 Å². The Morgan fingerprint density at radius 3 is 2.76 bits per heavy atom. The summed E-state index contributed by atoms with van der Waals surface area (Å²) < 4.78 is 5.93. The van der Waals surface area contributed by atoms with E-state index in [1.54, 1.807) is 36.4 Å². The van der Waals surface area contributed by atoms with Crippen molar-refractivity contribution in [2.45, 2.75) is 5.60 Å². The minimum Gasteiger partial charge on any atom is -0.495 e. The van der Waals surface area contributed by atoms with Crippen LogP contribution in [-0.4, -0.2) is 18.1 Å². The molecule has 2 aromatic carbocycles. The smallest absolute Gasteiger partial charge is 0.265 e.